The normalized spacial score (nSPS) is 20.2. The minimum absolute atomic E-state index is 0. The lowest BCUT2D eigenvalue weighted by Crippen LogP contribution is -2.51. The highest BCUT2D eigenvalue weighted by molar-refractivity contribution is 5.89. The fourth-order valence-electron chi connectivity index (χ4n) is 3.39. The second-order valence-electron chi connectivity index (χ2n) is 6.29. The number of nitrogens with one attached hydrogen (secondary N) is 2. The molecular weight excluding hydrogens is 317 g/mol. The first kappa shape index (κ1) is 18.2. The molecule has 1 saturated carbocycles. The van der Waals surface area contributed by atoms with Crippen LogP contribution in [0, 0.1) is 5.82 Å². The molecule has 0 unspecified atom stereocenters. The lowest BCUT2D eigenvalue weighted by atomic mass is 9.64. The van der Waals surface area contributed by atoms with Gasteiger partial charge in [0.1, 0.15) is 5.82 Å². The number of rotatable bonds is 5. The lowest BCUT2D eigenvalue weighted by molar-refractivity contribution is -0.130. The van der Waals surface area contributed by atoms with E-state index in [9.17, 15) is 9.18 Å². The fourth-order valence-corrected chi connectivity index (χ4v) is 3.39. The smallest absolute Gasteiger partial charge is 0.230 e. The first-order valence-corrected chi connectivity index (χ1v) is 8.18. The third-order valence-electron chi connectivity index (χ3n) is 4.94. The maximum atomic E-state index is 13.5. The van der Waals surface area contributed by atoms with Crippen molar-refractivity contribution in [2.45, 2.75) is 24.7 Å². The zero-order chi connectivity index (χ0) is 15.4. The molecule has 1 aromatic carbocycles. The number of hydrogen-bond donors (Lipinski definition) is 2. The van der Waals surface area contributed by atoms with Gasteiger partial charge in [0.25, 0.3) is 0 Å². The van der Waals surface area contributed by atoms with E-state index in [1.165, 1.54) is 12.1 Å². The molecule has 2 aliphatic rings. The zero-order valence-electron chi connectivity index (χ0n) is 13.3. The second-order valence-corrected chi connectivity index (χ2v) is 6.29. The molecule has 1 aliphatic carbocycles. The number of piperazine rings is 1. The molecule has 2 fully saturated rings. The van der Waals surface area contributed by atoms with Crippen molar-refractivity contribution in [3.8, 4) is 0 Å². The molecule has 3 rings (SSSR count). The summed E-state index contributed by atoms with van der Waals surface area (Å²) >= 11 is 0. The summed E-state index contributed by atoms with van der Waals surface area (Å²) in [5, 5.41) is 6.39. The number of halogens is 2. The van der Waals surface area contributed by atoms with Crippen molar-refractivity contribution in [1.82, 2.24) is 15.5 Å². The molecule has 0 aromatic heterocycles. The topological polar surface area (TPSA) is 44.4 Å². The molecule has 1 heterocycles. The van der Waals surface area contributed by atoms with Crippen LogP contribution in [0.4, 0.5) is 4.39 Å². The van der Waals surface area contributed by atoms with Crippen LogP contribution in [0.2, 0.25) is 0 Å². The molecule has 0 bridgehead atoms. The summed E-state index contributed by atoms with van der Waals surface area (Å²) in [5.41, 5.74) is 0.310. The molecule has 1 aliphatic heterocycles. The predicted octanol–water partition coefficient (Wildman–Crippen LogP) is 1.69. The number of amides is 1. The monoisotopic (exact) mass is 341 g/mol. The van der Waals surface area contributed by atoms with Gasteiger partial charge in [-0.1, -0.05) is 18.6 Å². The Morgan fingerprint density at radius 1 is 1.30 bits per heavy atom. The summed E-state index contributed by atoms with van der Waals surface area (Å²) in [7, 11) is 0. The average molecular weight is 342 g/mol. The Balaban J connectivity index is 0.00000192. The quantitative estimate of drug-likeness (QED) is 0.856. The summed E-state index contributed by atoms with van der Waals surface area (Å²) in [6, 6.07) is 6.50. The van der Waals surface area contributed by atoms with Gasteiger partial charge in [-0.25, -0.2) is 4.39 Å². The highest BCUT2D eigenvalue weighted by Gasteiger charge is 2.45. The number of carbonyl (C=O) groups is 1. The second kappa shape index (κ2) is 8.08. The number of carbonyl (C=O) groups excluding carboxylic acids is 1. The molecule has 1 amide bonds. The third kappa shape index (κ3) is 4.03. The van der Waals surface area contributed by atoms with Crippen LogP contribution in [0.15, 0.2) is 24.3 Å². The summed E-state index contributed by atoms with van der Waals surface area (Å²) in [6.07, 6.45) is 2.66. The van der Waals surface area contributed by atoms with Crippen molar-refractivity contribution in [3.63, 3.8) is 0 Å². The van der Waals surface area contributed by atoms with Crippen LogP contribution in [0.5, 0.6) is 0 Å². The van der Waals surface area contributed by atoms with Gasteiger partial charge in [-0.15, -0.1) is 12.4 Å². The van der Waals surface area contributed by atoms with Gasteiger partial charge in [-0.3, -0.25) is 9.69 Å². The average Bonchev–Trinajstić information content (AvgIpc) is 2.47. The van der Waals surface area contributed by atoms with Gasteiger partial charge in [0, 0.05) is 39.3 Å². The van der Waals surface area contributed by atoms with Crippen LogP contribution in [0.25, 0.3) is 0 Å². The van der Waals surface area contributed by atoms with E-state index < -0.39 is 5.41 Å². The Bertz CT molecular complexity index is 530. The van der Waals surface area contributed by atoms with E-state index in [1.54, 1.807) is 6.07 Å². The summed E-state index contributed by atoms with van der Waals surface area (Å²) < 4.78 is 13.5. The Kier molecular flexibility index (Phi) is 6.39. The molecule has 1 aromatic rings. The summed E-state index contributed by atoms with van der Waals surface area (Å²) in [5.74, 6) is -0.211. The van der Waals surface area contributed by atoms with E-state index >= 15 is 0 Å². The zero-order valence-corrected chi connectivity index (χ0v) is 14.1. The number of benzene rings is 1. The largest absolute Gasteiger partial charge is 0.354 e. The minimum Gasteiger partial charge on any atom is -0.354 e. The molecule has 6 heteroatoms. The Morgan fingerprint density at radius 3 is 2.65 bits per heavy atom. The van der Waals surface area contributed by atoms with Gasteiger partial charge in [0.05, 0.1) is 5.41 Å². The fraction of sp³-hybridized carbons (Fsp3) is 0.588. The number of nitrogens with zero attached hydrogens (tertiary/aromatic N) is 1. The van der Waals surface area contributed by atoms with Crippen molar-refractivity contribution >= 4 is 18.3 Å². The molecule has 2 N–H and O–H groups in total. The SMILES string of the molecule is Cl.O=C(NCCN1CCNCC1)C1(c2cccc(F)c2)CCC1. The molecule has 23 heavy (non-hydrogen) atoms. The predicted molar refractivity (Wildman–Crippen MR) is 91.5 cm³/mol. The standard InChI is InChI=1S/C17H24FN3O.ClH/c18-15-4-1-3-14(13-15)17(5-2-6-17)16(22)20-9-12-21-10-7-19-8-11-21;/h1,3-4,13,19H,2,5-12H2,(H,20,22);1H. The molecule has 0 atom stereocenters. The van der Waals surface area contributed by atoms with Crippen LogP contribution in [0.3, 0.4) is 0 Å². The van der Waals surface area contributed by atoms with E-state index in [4.69, 9.17) is 0 Å². The Hall–Kier alpha value is -1.17. The van der Waals surface area contributed by atoms with Crippen LogP contribution < -0.4 is 10.6 Å². The summed E-state index contributed by atoms with van der Waals surface area (Å²) in [6.45, 7) is 5.64. The maximum Gasteiger partial charge on any atom is 0.230 e. The van der Waals surface area contributed by atoms with E-state index in [-0.39, 0.29) is 24.1 Å². The van der Waals surface area contributed by atoms with Gasteiger partial charge in [0.2, 0.25) is 5.91 Å². The molecule has 128 valence electrons. The van der Waals surface area contributed by atoms with Crippen molar-refractivity contribution in [2.24, 2.45) is 0 Å². The van der Waals surface area contributed by atoms with Gasteiger partial charge < -0.3 is 10.6 Å². The van der Waals surface area contributed by atoms with Crippen LogP contribution >= 0.6 is 12.4 Å². The van der Waals surface area contributed by atoms with Crippen LogP contribution in [-0.4, -0.2) is 50.1 Å². The first-order valence-electron chi connectivity index (χ1n) is 8.18. The van der Waals surface area contributed by atoms with Crippen molar-refractivity contribution in [3.05, 3.63) is 35.6 Å². The minimum atomic E-state index is -0.508. The van der Waals surface area contributed by atoms with Gasteiger partial charge in [-0.2, -0.15) is 0 Å². The maximum absolute atomic E-state index is 13.5. The van der Waals surface area contributed by atoms with Crippen molar-refractivity contribution in [2.75, 3.05) is 39.3 Å². The van der Waals surface area contributed by atoms with Crippen LogP contribution in [-0.2, 0) is 10.2 Å². The van der Waals surface area contributed by atoms with E-state index in [1.807, 2.05) is 6.07 Å². The Labute approximate surface area is 143 Å². The lowest BCUT2D eigenvalue weighted by Gasteiger charge is -2.41. The third-order valence-corrected chi connectivity index (χ3v) is 4.94. The van der Waals surface area contributed by atoms with Crippen molar-refractivity contribution in [1.29, 1.82) is 0 Å². The van der Waals surface area contributed by atoms with E-state index in [0.717, 1.165) is 57.5 Å². The van der Waals surface area contributed by atoms with Gasteiger partial charge in [0.15, 0.2) is 0 Å². The summed E-state index contributed by atoms with van der Waals surface area (Å²) in [4.78, 5) is 15.0. The highest BCUT2D eigenvalue weighted by Crippen LogP contribution is 2.44. The molecule has 1 saturated heterocycles. The molecule has 4 nitrogen and oxygen atoms in total. The van der Waals surface area contributed by atoms with Crippen LogP contribution in [0.1, 0.15) is 24.8 Å². The van der Waals surface area contributed by atoms with Gasteiger partial charge >= 0.3 is 0 Å². The molecular formula is C17H25ClFN3O. The van der Waals surface area contributed by atoms with E-state index in [0.29, 0.717) is 6.54 Å². The highest BCUT2D eigenvalue weighted by atomic mass is 35.5. The van der Waals surface area contributed by atoms with Gasteiger partial charge in [-0.05, 0) is 30.5 Å². The van der Waals surface area contributed by atoms with Crippen molar-refractivity contribution < 1.29 is 9.18 Å². The first-order chi connectivity index (χ1) is 10.7. The molecule has 0 spiro atoms. The molecule has 0 radical (unpaired) electrons. The number of hydrogen-bond acceptors (Lipinski definition) is 3. The van der Waals surface area contributed by atoms with E-state index in [2.05, 4.69) is 15.5 Å². The Morgan fingerprint density at radius 2 is 2.04 bits per heavy atom.